The second-order valence-corrected chi connectivity index (χ2v) is 10.8. The van der Waals surface area contributed by atoms with Crippen molar-refractivity contribution < 1.29 is 13.2 Å². The van der Waals surface area contributed by atoms with E-state index in [9.17, 15) is 13.2 Å². The molecule has 4 rings (SSSR count). The fraction of sp³-hybridized carbons (Fsp3) is 0.148. The molecule has 34 heavy (non-hydrogen) atoms. The van der Waals surface area contributed by atoms with Gasteiger partial charge in [0.05, 0.1) is 11.4 Å². The van der Waals surface area contributed by atoms with Crippen LogP contribution in [0.1, 0.15) is 11.1 Å². The first-order valence-corrected chi connectivity index (χ1v) is 13.2. The lowest BCUT2D eigenvalue weighted by atomic mass is 10.0. The lowest BCUT2D eigenvalue weighted by molar-refractivity contribution is -0.121. The van der Waals surface area contributed by atoms with E-state index in [4.69, 9.17) is 0 Å². The molecule has 0 aliphatic heterocycles. The molecule has 0 aliphatic rings. The largest absolute Gasteiger partial charge is 0.351 e. The molecule has 0 radical (unpaired) electrons. The first kappa shape index (κ1) is 24.1. The van der Waals surface area contributed by atoms with E-state index in [0.717, 1.165) is 26.4 Å². The van der Waals surface area contributed by atoms with E-state index < -0.39 is 10.0 Å². The zero-order valence-electron chi connectivity index (χ0n) is 18.5. The number of carbonyl (C=O) groups is 1. The Morgan fingerprint density at radius 3 is 2.26 bits per heavy atom. The normalized spacial score (nSPS) is 11.6. The summed E-state index contributed by atoms with van der Waals surface area (Å²) in [4.78, 5) is 13.0. The predicted octanol–water partition coefficient (Wildman–Crippen LogP) is 5.15. The van der Waals surface area contributed by atoms with Crippen molar-refractivity contribution in [3.05, 3.63) is 113 Å². The van der Waals surface area contributed by atoms with E-state index in [1.165, 1.54) is 4.31 Å². The molecule has 0 aliphatic carbocycles. The van der Waals surface area contributed by atoms with Gasteiger partial charge in [-0.1, -0.05) is 88.7 Å². The van der Waals surface area contributed by atoms with Crippen LogP contribution in [-0.2, 0) is 27.8 Å². The number of carbonyl (C=O) groups excluding carboxylic acids is 1. The number of sulfonamides is 1. The van der Waals surface area contributed by atoms with Gasteiger partial charge in [-0.15, -0.1) is 0 Å². The van der Waals surface area contributed by atoms with E-state index in [2.05, 4.69) is 21.2 Å². The Labute approximate surface area is 208 Å². The van der Waals surface area contributed by atoms with Gasteiger partial charge in [0, 0.05) is 17.6 Å². The predicted molar refractivity (Wildman–Crippen MR) is 139 cm³/mol. The van der Waals surface area contributed by atoms with Crippen molar-refractivity contribution in [1.82, 2.24) is 9.62 Å². The van der Waals surface area contributed by atoms with Crippen molar-refractivity contribution in [2.45, 2.75) is 17.9 Å². The number of fused-ring (bicyclic) bond motifs is 1. The maximum absolute atomic E-state index is 13.4. The smallest absolute Gasteiger partial charge is 0.243 e. The van der Waals surface area contributed by atoms with Crippen LogP contribution in [0.5, 0.6) is 0 Å². The topological polar surface area (TPSA) is 66.5 Å². The minimum absolute atomic E-state index is 0.158. The number of hydrogen-bond acceptors (Lipinski definition) is 3. The van der Waals surface area contributed by atoms with Crippen molar-refractivity contribution in [3.8, 4) is 0 Å². The van der Waals surface area contributed by atoms with Crippen LogP contribution in [0.15, 0.2) is 106 Å². The molecule has 174 valence electrons. The molecule has 4 aromatic carbocycles. The Balaban J connectivity index is 1.50. The Morgan fingerprint density at radius 2 is 1.50 bits per heavy atom. The number of benzene rings is 4. The average molecular weight is 537 g/mol. The highest BCUT2D eigenvalue weighted by atomic mass is 79.9. The van der Waals surface area contributed by atoms with Crippen LogP contribution in [0.2, 0.25) is 0 Å². The van der Waals surface area contributed by atoms with Gasteiger partial charge in [0.2, 0.25) is 15.9 Å². The molecule has 0 heterocycles. The third-order valence-corrected chi connectivity index (χ3v) is 8.01. The summed E-state index contributed by atoms with van der Waals surface area (Å²) >= 11 is 3.34. The summed E-state index contributed by atoms with van der Waals surface area (Å²) in [5.74, 6) is -0.346. The van der Waals surface area contributed by atoms with E-state index in [0.29, 0.717) is 13.0 Å². The zero-order chi connectivity index (χ0) is 24.0. The number of hydrogen-bond donors (Lipinski definition) is 1. The molecule has 0 spiro atoms. The van der Waals surface area contributed by atoms with Crippen LogP contribution in [-0.4, -0.2) is 31.7 Å². The molecule has 0 saturated carbocycles. The molecule has 0 atom stereocenters. The highest BCUT2D eigenvalue weighted by molar-refractivity contribution is 9.10. The van der Waals surface area contributed by atoms with Gasteiger partial charge in [0.15, 0.2) is 0 Å². The summed E-state index contributed by atoms with van der Waals surface area (Å²) in [6.45, 7) is 0.269. The molecule has 4 aromatic rings. The third kappa shape index (κ3) is 5.91. The molecule has 0 aromatic heterocycles. The Morgan fingerprint density at radius 1 is 0.824 bits per heavy atom. The summed E-state index contributed by atoms with van der Waals surface area (Å²) in [5.41, 5.74) is 1.99. The van der Waals surface area contributed by atoms with Gasteiger partial charge < -0.3 is 5.32 Å². The Kier molecular flexibility index (Phi) is 7.77. The van der Waals surface area contributed by atoms with E-state index >= 15 is 0 Å². The minimum Gasteiger partial charge on any atom is -0.351 e. The van der Waals surface area contributed by atoms with Crippen LogP contribution < -0.4 is 5.32 Å². The maximum atomic E-state index is 13.4. The van der Waals surface area contributed by atoms with Crippen molar-refractivity contribution in [3.63, 3.8) is 0 Å². The highest BCUT2D eigenvalue weighted by Crippen LogP contribution is 2.20. The third-order valence-electron chi connectivity index (χ3n) is 5.62. The first-order valence-electron chi connectivity index (χ1n) is 11.0. The lowest BCUT2D eigenvalue weighted by Crippen LogP contribution is -2.41. The van der Waals surface area contributed by atoms with E-state index in [-0.39, 0.29) is 23.9 Å². The summed E-state index contributed by atoms with van der Waals surface area (Å²) in [6, 6.07) is 30.0. The number of nitrogens with one attached hydrogen (secondary N) is 1. The molecule has 0 bridgehead atoms. The van der Waals surface area contributed by atoms with Crippen LogP contribution in [0.3, 0.4) is 0 Å². The average Bonchev–Trinajstić information content (AvgIpc) is 2.86. The fourth-order valence-corrected chi connectivity index (χ4v) is 5.46. The van der Waals surface area contributed by atoms with Gasteiger partial charge >= 0.3 is 0 Å². The number of nitrogens with zero attached hydrogens (tertiary/aromatic N) is 1. The molecule has 0 unspecified atom stereocenters. The number of halogens is 1. The molecule has 1 amide bonds. The number of rotatable bonds is 9. The van der Waals surface area contributed by atoms with Gasteiger partial charge in [-0.2, -0.15) is 4.31 Å². The second-order valence-electron chi connectivity index (χ2n) is 7.94. The quantitative estimate of drug-likeness (QED) is 0.321. The highest BCUT2D eigenvalue weighted by Gasteiger charge is 2.26. The monoisotopic (exact) mass is 536 g/mol. The maximum Gasteiger partial charge on any atom is 0.243 e. The summed E-state index contributed by atoms with van der Waals surface area (Å²) in [7, 11) is -3.85. The van der Waals surface area contributed by atoms with Gasteiger partial charge in [0.1, 0.15) is 0 Å². The molecular weight excluding hydrogens is 512 g/mol. The standard InChI is InChI=1S/C27H25BrN2O3S/c28-24-13-15-25(16-14-24)34(32,33)30(18-17-21-7-2-1-3-8-21)20-27(31)29-19-23-11-6-10-22-9-4-5-12-26(22)23/h1-16H,17-20H2,(H,29,31). The van der Waals surface area contributed by atoms with Gasteiger partial charge in [-0.3, -0.25) is 4.79 Å². The summed E-state index contributed by atoms with van der Waals surface area (Å²) < 4.78 is 28.8. The summed E-state index contributed by atoms with van der Waals surface area (Å²) in [5, 5.41) is 5.06. The summed E-state index contributed by atoms with van der Waals surface area (Å²) in [6.07, 6.45) is 0.507. The first-order chi connectivity index (χ1) is 16.4. The molecule has 1 N–H and O–H groups in total. The fourth-order valence-electron chi connectivity index (χ4n) is 3.79. The van der Waals surface area contributed by atoms with E-state index in [1.54, 1.807) is 24.3 Å². The van der Waals surface area contributed by atoms with Crippen molar-refractivity contribution in [2.24, 2.45) is 0 Å². The van der Waals surface area contributed by atoms with Gasteiger partial charge in [-0.05, 0) is 52.6 Å². The van der Waals surface area contributed by atoms with Crippen LogP contribution in [0.4, 0.5) is 0 Å². The van der Waals surface area contributed by atoms with E-state index in [1.807, 2.05) is 72.8 Å². The van der Waals surface area contributed by atoms with Crippen molar-refractivity contribution in [1.29, 1.82) is 0 Å². The molecular formula is C27H25BrN2O3S. The SMILES string of the molecule is O=C(CN(CCc1ccccc1)S(=O)(=O)c1ccc(Br)cc1)NCc1cccc2ccccc12. The van der Waals surface area contributed by atoms with Crippen molar-refractivity contribution in [2.75, 3.05) is 13.1 Å². The van der Waals surface area contributed by atoms with Crippen molar-refractivity contribution >= 4 is 42.6 Å². The Bertz CT molecular complexity index is 1370. The molecule has 0 saturated heterocycles. The zero-order valence-corrected chi connectivity index (χ0v) is 20.9. The van der Waals surface area contributed by atoms with Crippen LogP contribution in [0, 0.1) is 0 Å². The van der Waals surface area contributed by atoms with Gasteiger partial charge in [-0.25, -0.2) is 8.42 Å². The number of amides is 1. The molecule has 7 heteroatoms. The van der Waals surface area contributed by atoms with Crippen LogP contribution in [0.25, 0.3) is 10.8 Å². The van der Waals surface area contributed by atoms with Crippen LogP contribution >= 0.6 is 15.9 Å². The van der Waals surface area contributed by atoms with Gasteiger partial charge in [0.25, 0.3) is 0 Å². The minimum atomic E-state index is -3.85. The molecule has 0 fully saturated rings. The lowest BCUT2D eigenvalue weighted by Gasteiger charge is -2.22. The Hall–Kier alpha value is -3.00. The second kappa shape index (κ2) is 11.0. The molecule has 5 nitrogen and oxygen atoms in total.